The maximum absolute atomic E-state index is 12.8. The molecule has 1 unspecified atom stereocenters. The monoisotopic (exact) mass is 313 g/mol. The number of benzene rings is 1. The largest absolute Gasteiger partial charge is 0.402 e. The molecular weight excluding hydrogens is 296 g/mol. The van der Waals surface area contributed by atoms with E-state index >= 15 is 0 Å². The molecule has 0 radical (unpaired) electrons. The summed E-state index contributed by atoms with van der Waals surface area (Å²) >= 11 is 0. The van der Waals surface area contributed by atoms with E-state index in [1.807, 2.05) is 6.07 Å². The normalized spacial score (nSPS) is 14.6. The van der Waals surface area contributed by atoms with Gasteiger partial charge in [-0.25, -0.2) is 0 Å². The third-order valence-electron chi connectivity index (χ3n) is 3.22. The lowest BCUT2D eigenvalue weighted by Gasteiger charge is -2.30. The fourth-order valence-electron chi connectivity index (χ4n) is 2.47. The van der Waals surface area contributed by atoms with E-state index in [-0.39, 0.29) is 6.42 Å². The van der Waals surface area contributed by atoms with E-state index in [0.717, 1.165) is 18.2 Å². The van der Waals surface area contributed by atoms with Crippen molar-refractivity contribution < 1.29 is 26.3 Å². The molecule has 0 heterocycles. The summed E-state index contributed by atoms with van der Waals surface area (Å²) in [5.74, 6) is -3.39. The third-order valence-corrected chi connectivity index (χ3v) is 3.22. The number of hydrogen-bond donors (Lipinski definition) is 1. The van der Waals surface area contributed by atoms with Crippen LogP contribution in [0.15, 0.2) is 18.2 Å². The molecular formula is C14H17F6N. The minimum atomic E-state index is -5.34. The lowest BCUT2D eigenvalue weighted by Crippen LogP contribution is -2.51. The predicted octanol–water partition coefficient (Wildman–Crippen LogP) is 4.17. The van der Waals surface area contributed by atoms with Gasteiger partial charge in [-0.2, -0.15) is 26.3 Å². The van der Waals surface area contributed by atoms with Crippen molar-refractivity contribution in [2.75, 3.05) is 7.05 Å². The zero-order valence-electron chi connectivity index (χ0n) is 11.9. The zero-order chi connectivity index (χ0) is 16.4. The number of likely N-dealkylation sites (N-methyl/N-ethyl adjacent to an activating group) is 1. The standard InChI is InChI=1S/C14H17F6N/c1-8-4-9(2)6-10(5-8)7-11(21-3)12(13(15,16)17)14(18,19)20/h4-6,11-12,21H,7H2,1-3H3. The van der Waals surface area contributed by atoms with Gasteiger partial charge in [-0.05, 0) is 32.9 Å². The zero-order valence-corrected chi connectivity index (χ0v) is 11.9. The van der Waals surface area contributed by atoms with Gasteiger partial charge in [0.05, 0.1) is 0 Å². The summed E-state index contributed by atoms with van der Waals surface area (Å²) in [5, 5.41) is 2.16. The average Bonchev–Trinajstić information content (AvgIpc) is 2.22. The van der Waals surface area contributed by atoms with Crippen LogP contribution >= 0.6 is 0 Å². The van der Waals surface area contributed by atoms with Crippen LogP contribution in [0.2, 0.25) is 0 Å². The van der Waals surface area contributed by atoms with E-state index in [0.29, 0.717) is 5.56 Å². The molecule has 1 rings (SSSR count). The fourth-order valence-corrected chi connectivity index (χ4v) is 2.47. The Morgan fingerprint density at radius 2 is 1.33 bits per heavy atom. The molecule has 0 aliphatic rings. The SMILES string of the molecule is CNC(Cc1cc(C)cc(C)c1)C(C(F)(F)F)C(F)(F)F. The van der Waals surface area contributed by atoms with Gasteiger partial charge in [0.25, 0.3) is 0 Å². The molecule has 0 saturated carbocycles. The molecule has 1 atom stereocenters. The highest BCUT2D eigenvalue weighted by Gasteiger charge is 2.59. The second-order valence-electron chi connectivity index (χ2n) is 5.16. The van der Waals surface area contributed by atoms with Crippen LogP contribution in [0.4, 0.5) is 26.3 Å². The molecule has 1 aromatic carbocycles. The van der Waals surface area contributed by atoms with E-state index in [9.17, 15) is 26.3 Å². The molecule has 0 aliphatic heterocycles. The first-order valence-corrected chi connectivity index (χ1v) is 6.33. The average molecular weight is 313 g/mol. The van der Waals surface area contributed by atoms with Gasteiger partial charge in [0, 0.05) is 6.04 Å². The summed E-state index contributed by atoms with van der Waals surface area (Å²) in [6.45, 7) is 3.49. The summed E-state index contributed by atoms with van der Waals surface area (Å²) in [4.78, 5) is 0. The van der Waals surface area contributed by atoms with Crippen molar-refractivity contribution >= 4 is 0 Å². The Balaban J connectivity index is 3.10. The Bertz CT molecular complexity index is 443. The van der Waals surface area contributed by atoms with Crippen LogP contribution < -0.4 is 5.32 Å². The van der Waals surface area contributed by atoms with Gasteiger partial charge in [-0.15, -0.1) is 0 Å². The summed E-state index contributed by atoms with van der Waals surface area (Å²) in [7, 11) is 1.11. The van der Waals surface area contributed by atoms with Gasteiger partial charge >= 0.3 is 12.4 Å². The topological polar surface area (TPSA) is 12.0 Å². The van der Waals surface area contributed by atoms with Crippen molar-refractivity contribution in [3.8, 4) is 0 Å². The molecule has 120 valence electrons. The van der Waals surface area contributed by atoms with Crippen molar-refractivity contribution in [1.82, 2.24) is 5.32 Å². The molecule has 1 nitrogen and oxygen atoms in total. The number of hydrogen-bond acceptors (Lipinski definition) is 1. The van der Waals surface area contributed by atoms with Crippen molar-refractivity contribution in [2.45, 2.75) is 38.7 Å². The highest BCUT2D eigenvalue weighted by Crippen LogP contribution is 2.42. The Labute approximate surface area is 119 Å². The van der Waals surface area contributed by atoms with Gasteiger partial charge < -0.3 is 5.32 Å². The van der Waals surface area contributed by atoms with Crippen LogP contribution in [0.1, 0.15) is 16.7 Å². The van der Waals surface area contributed by atoms with Gasteiger partial charge in [0.2, 0.25) is 0 Å². The maximum Gasteiger partial charge on any atom is 0.402 e. The summed E-state index contributed by atoms with van der Waals surface area (Å²) in [5.41, 5.74) is 2.05. The minimum Gasteiger partial charge on any atom is -0.316 e. The van der Waals surface area contributed by atoms with Crippen LogP contribution in [0.5, 0.6) is 0 Å². The van der Waals surface area contributed by atoms with Crippen molar-refractivity contribution in [1.29, 1.82) is 0 Å². The molecule has 1 N–H and O–H groups in total. The van der Waals surface area contributed by atoms with E-state index in [1.165, 1.54) is 0 Å². The van der Waals surface area contributed by atoms with E-state index in [1.54, 1.807) is 26.0 Å². The second-order valence-corrected chi connectivity index (χ2v) is 5.16. The summed E-state index contributed by atoms with van der Waals surface area (Å²) in [6, 6.07) is 3.25. The van der Waals surface area contributed by atoms with Gasteiger partial charge in [-0.1, -0.05) is 29.3 Å². The van der Waals surface area contributed by atoms with Crippen LogP contribution in [-0.2, 0) is 6.42 Å². The van der Waals surface area contributed by atoms with Crippen LogP contribution in [0, 0.1) is 19.8 Å². The highest BCUT2D eigenvalue weighted by molar-refractivity contribution is 5.29. The number of alkyl halides is 6. The van der Waals surface area contributed by atoms with Gasteiger partial charge in [-0.3, -0.25) is 0 Å². The van der Waals surface area contributed by atoms with E-state index < -0.39 is 24.3 Å². The first kappa shape index (κ1) is 17.8. The van der Waals surface area contributed by atoms with Gasteiger partial charge in [0.15, 0.2) is 5.92 Å². The Morgan fingerprint density at radius 3 is 1.67 bits per heavy atom. The lowest BCUT2D eigenvalue weighted by atomic mass is 9.91. The van der Waals surface area contributed by atoms with Gasteiger partial charge in [0.1, 0.15) is 0 Å². The van der Waals surface area contributed by atoms with Crippen molar-refractivity contribution in [3.05, 3.63) is 34.9 Å². The quantitative estimate of drug-likeness (QED) is 0.823. The molecule has 1 aromatic rings. The molecule has 0 aliphatic carbocycles. The number of rotatable bonds is 4. The summed E-state index contributed by atoms with van der Waals surface area (Å²) < 4.78 is 76.5. The van der Waals surface area contributed by atoms with E-state index in [4.69, 9.17) is 0 Å². The highest BCUT2D eigenvalue weighted by atomic mass is 19.4. The molecule has 21 heavy (non-hydrogen) atoms. The molecule has 0 bridgehead atoms. The van der Waals surface area contributed by atoms with Crippen molar-refractivity contribution in [2.24, 2.45) is 5.92 Å². The maximum atomic E-state index is 12.8. The molecule has 0 amide bonds. The number of nitrogens with one attached hydrogen (secondary N) is 1. The van der Waals surface area contributed by atoms with E-state index in [2.05, 4.69) is 5.32 Å². The summed E-state index contributed by atoms with van der Waals surface area (Å²) in [6.07, 6.45) is -11.0. The van der Waals surface area contributed by atoms with Crippen LogP contribution in [0.25, 0.3) is 0 Å². The Kier molecular flexibility index (Phi) is 5.30. The Hall–Kier alpha value is -1.24. The smallest absolute Gasteiger partial charge is 0.316 e. The molecule has 7 heteroatoms. The predicted molar refractivity (Wildman–Crippen MR) is 68.1 cm³/mol. The number of aryl methyl sites for hydroxylation is 2. The third kappa shape index (κ3) is 4.91. The van der Waals surface area contributed by atoms with Crippen LogP contribution in [-0.4, -0.2) is 25.4 Å². The molecule has 0 aromatic heterocycles. The first-order valence-electron chi connectivity index (χ1n) is 6.33. The van der Waals surface area contributed by atoms with Crippen molar-refractivity contribution in [3.63, 3.8) is 0 Å². The Morgan fingerprint density at radius 1 is 0.905 bits per heavy atom. The molecule has 0 spiro atoms. The first-order chi connectivity index (χ1) is 9.45. The molecule has 0 fully saturated rings. The fraction of sp³-hybridized carbons (Fsp3) is 0.571. The second kappa shape index (κ2) is 6.25. The lowest BCUT2D eigenvalue weighted by molar-refractivity contribution is -0.291. The van der Waals surface area contributed by atoms with Crippen LogP contribution in [0.3, 0.4) is 0 Å². The minimum absolute atomic E-state index is 0.345. The number of halogens is 6. The molecule has 0 saturated heterocycles.